The van der Waals surface area contributed by atoms with Gasteiger partial charge in [-0.25, -0.2) is 14.4 Å². The van der Waals surface area contributed by atoms with Crippen LogP contribution in [0.25, 0.3) is 21.5 Å². The number of carbonyl (C=O) groups is 2. The van der Waals surface area contributed by atoms with E-state index < -0.39 is 0 Å². The smallest absolute Gasteiger partial charge is 0.267 e. The van der Waals surface area contributed by atoms with E-state index in [0.29, 0.717) is 34.8 Å². The summed E-state index contributed by atoms with van der Waals surface area (Å²) in [6, 6.07) is 11.5. The Morgan fingerprint density at radius 1 is 1.21 bits per heavy atom. The molecule has 0 spiro atoms. The van der Waals surface area contributed by atoms with Gasteiger partial charge in [-0.1, -0.05) is 6.07 Å². The van der Waals surface area contributed by atoms with Crippen LogP contribution in [-0.2, 0) is 0 Å². The normalized spacial score (nSPS) is 15.8. The predicted molar refractivity (Wildman–Crippen MR) is 131 cm³/mol. The van der Waals surface area contributed by atoms with E-state index in [1.54, 1.807) is 40.4 Å². The van der Waals surface area contributed by atoms with E-state index in [1.807, 2.05) is 19.1 Å². The van der Waals surface area contributed by atoms with Crippen LogP contribution < -0.4 is 5.32 Å². The Bertz CT molecular complexity index is 1340. The summed E-state index contributed by atoms with van der Waals surface area (Å²) in [4.78, 5) is 37.4. The highest BCUT2D eigenvalue weighted by molar-refractivity contribution is 8.00. The Balaban J connectivity index is 1.33. The van der Waals surface area contributed by atoms with Crippen molar-refractivity contribution in [1.29, 1.82) is 0 Å². The van der Waals surface area contributed by atoms with Crippen LogP contribution in [0.15, 0.2) is 48.0 Å². The first-order valence-electron chi connectivity index (χ1n) is 10.3. The molecule has 33 heavy (non-hydrogen) atoms. The molecule has 2 amide bonds. The molecule has 0 saturated carbocycles. The zero-order valence-corrected chi connectivity index (χ0v) is 20.0. The number of aryl methyl sites for hydroxylation is 1. The van der Waals surface area contributed by atoms with Gasteiger partial charge in [0.2, 0.25) is 0 Å². The fourth-order valence-corrected chi connectivity index (χ4v) is 6.62. The fraction of sp³-hybridized carbons (Fsp3) is 0.217. The third kappa shape index (κ3) is 4.38. The predicted octanol–water partition coefficient (Wildman–Crippen LogP) is 4.81. The van der Waals surface area contributed by atoms with Gasteiger partial charge in [0.05, 0.1) is 37.4 Å². The SMILES string of the molecule is Cc1nc(-c2ccc(F)cc2)c(C(=O)N2CCSC2CNC(=O)c2cccc3ncsc23)s1. The molecule has 2 aromatic heterocycles. The summed E-state index contributed by atoms with van der Waals surface area (Å²) in [5.74, 6) is 0.166. The van der Waals surface area contributed by atoms with Gasteiger partial charge in [0.1, 0.15) is 10.7 Å². The third-order valence-electron chi connectivity index (χ3n) is 5.34. The molecule has 0 radical (unpaired) electrons. The number of nitrogens with one attached hydrogen (secondary N) is 1. The molecule has 0 bridgehead atoms. The lowest BCUT2D eigenvalue weighted by Gasteiger charge is -2.24. The number of hydrogen-bond acceptors (Lipinski definition) is 7. The highest BCUT2D eigenvalue weighted by Gasteiger charge is 2.33. The molecule has 1 aliphatic rings. The van der Waals surface area contributed by atoms with Gasteiger partial charge in [0, 0.05) is 24.4 Å². The van der Waals surface area contributed by atoms with E-state index in [-0.39, 0.29) is 23.0 Å². The van der Waals surface area contributed by atoms with Crippen LogP contribution in [0, 0.1) is 12.7 Å². The molecule has 4 aromatic rings. The number of fused-ring (bicyclic) bond motifs is 1. The molecule has 1 unspecified atom stereocenters. The Hall–Kier alpha value is -2.82. The second-order valence-corrected chi connectivity index (χ2v) is 10.8. The fourth-order valence-electron chi connectivity index (χ4n) is 3.77. The number of halogens is 1. The van der Waals surface area contributed by atoms with Crippen LogP contribution in [0.2, 0.25) is 0 Å². The summed E-state index contributed by atoms with van der Waals surface area (Å²) in [7, 11) is 0. The Morgan fingerprint density at radius 3 is 2.85 bits per heavy atom. The van der Waals surface area contributed by atoms with E-state index in [2.05, 4.69) is 15.3 Å². The maximum Gasteiger partial charge on any atom is 0.267 e. The molecule has 1 aliphatic heterocycles. The van der Waals surface area contributed by atoms with Crippen molar-refractivity contribution in [3.63, 3.8) is 0 Å². The number of hydrogen-bond donors (Lipinski definition) is 1. The van der Waals surface area contributed by atoms with Crippen molar-refractivity contribution >= 4 is 56.5 Å². The molecule has 6 nitrogen and oxygen atoms in total. The lowest BCUT2D eigenvalue weighted by atomic mass is 10.1. The summed E-state index contributed by atoms with van der Waals surface area (Å²) in [6.07, 6.45) is 0. The van der Waals surface area contributed by atoms with Crippen LogP contribution in [0.3, 0.4) is 0 Å². The van der Waals surface area contributed by atoms with Crippen molar-refractivity contribution in [3.8, 4) is 11.3 Å². The van der Waals surface area contributed by atoms with Crippen molar-refractivity contribution in [2.75, 3.05) is 18.8 Å². The van der Waals surface area contributed by atoms with Gasteiger partial charge in [-0.15, -0.1) is 34.4 Å². The van der Waals surface area contributed by atoms with E-state index in [0.717, 1.165) is 21.0 Å². The van der Waals surface area contributed by atoms with Crippen molar-refractivity contribution in [1.82, 2.24) is 20.2 Å². The van der Waals surface area contributed by atoms with Crippen molar-refractivity contribution < 1.29 is 14.0 Å². The molecule has 1 atom stereocenters. The van der Waals surface area contributed by atoms with E-state index in [4.69, 9.17) is 0 Å². The zero-order valence-electron chi connectivity index (χ0n) is 17.6. The number of carbonyl (C=O) groups excluding carboxylic acids is 2. The van der Waals surface area contributed by atoms with Crippen LogP contribution in [-0.4, -0.2) is 50.9 Å². The topological polar surface area (TPSA) is 75.2 Å². The van der Waals surface area contributed by atoms with Gasteiger partial charge in [-0.2, -0.15) is 0 Å². The molecule has 1 N–H and O–H groups in total. The standard InChI is InChI=1S/C23H19FN4O2S3/c1-13-27-19(14-5-7-15(24)8-6-14)21(33-13)23(30)28-9-10-31-18(28)11-25-22(29)16-3-2-4-17-20(16)32-12-26-17/h2-8,12,18H,9-11H2,1H3,(H,25,29). The van der Waals surface area contributed by atoms with Gasteiger partial charge in [-0.05, 0) is 43.3 Å². The maximum atomic E-state index is 13.5. The molecule has 10 heteroatoms. The summed E-state index contributed by atoms with van der Waals surface area (Å²) < 4.78 is 14.2. The number of thiazole rings is 2. The second-order valence-electron chi connectivity index (χ2n) is 7.46. The number of thioether (sulfide) groups is 1. The molecule has 3 heterocycles. The molecule has 5 rings (SSSR count). The quantitative estimate of drug-likeness (QED) is 0.427. The minimum absolute atomic E-state index is 0.117. The monoisotopic (exact) mass is 498 g/mol. The van der Waals surface area contributed by atoms with E-state index in [1.165, 1.54) is 34.8 Å². The minimum Gasteiger partial charge on any atom is -0.349 e. The summed E-state index contributed by atoms with van der Waals surface area (Å²) in [6.45, 7) is 2.79. The number of amides is 2. The molecular weight excluding hydrogens is 479 g/mol. The van der Waals surface area contributed by atoms with Crippen LogP contribution in [0.5, 0.6) is 0 Å². The number of benzene rings is 2. The average Bonchev–Trinajstić information content (AvgIpc) is 3.56. The van der Waals surface area contributed by atoms with Crippen molar-refractivity contribution in [2.45, 2.75) is 12.3 Å². The zero-order chi connectivity index (χ0) is 22.9. The first-order valence-corrected chi connectivity index (χ1v) is 13.0. The maximum absolute atomic E-state index is 13.5. The first-order chi connectivity index (χ1) is 16.0. The van der Waals surface area contributed by atoms with Crippen LogP contribution >= 0.6 is 34.4 Å². The van der Waals surface area contributed by atoms with Gasteiger partial charge in [-0.3, -0.25) is 9.59 Å². The van der Waals surface area contributed by atoms with E-state index >= 15 is 0 Å². The average molecular weight is 499 g/mol. The van der Waals surface area contributed by atoms with Crippen molar-refractivity contribution in [3.05, 3.63) is 69.2 Å². The first kappa shape index (κ1) is 22.0. The lowest BCUT2D eigenvalue weighted by Crippen LogP contribution is -2.42. The number of rotatable bonds is 5. The molecule has 1 fully saturated rings. The second kappa shape index (κ2) is 9.20. The van der Waals surface area contributed by atoms with Gasteiger partial charge in [0.25, 0.3) is 11.8 Å². The van der Waals surface area contributed by atoms with Gasteiger partial charge >= 0.3 is 0 Å². The Kier molecular flexibility index (Phi) is 6.13. The Morgan fingerprint density at radius 2 is 2.03 bits per heavy atom. The largest absolute Gasteiger partial charge is 0.349 e. The molecule has 168 valence electrons. The van der Waals surface area contributed by atoms with Gasteiger partial charge in [0.15, 0.2) is 0 Å². The highest BCUT2D eigenvalue weighted by atomic mass is 32.2. The summed E-state index contributed by atoms with van der Waals surface area (Å²) in [5, 5.41) is 3.58. The molecule has 2 aromatic carbocycles. The highest BCUT2D eigenvalue weighted by Crippen LogP contribution is 2.33. The summed E-state index contributed by atoms with van der Waals surface area (Å²) in [5.41, 5.74) is 4.39. The third-order valence-corrected chi connectivity index (χ3v) is 8.39. The molecular formula is C23H19FN4O2S3. The lowest BCUT2D eigenvalue weighted by molar-refractivity contribution is 0.0756. The minimum atomic E-state index is -0.334. The van der Waals surface area contributed by atoms with E-state index in [9.17, 15) is 14.0 Å². The van der Waals surface area contributed by atoms with Crippen LogP contribution in [0.1, 0.15) is 25.0 Å². The number of nitrogens with zero attached hydrogens (tertiary/aromatic N) is 3. The van der Waals surface area contributed by atoms with Crippen LogP contribution in [0.4, 0.5) is 4.39 Å². The molecule has 0 aliphatic carbocycles. The molecule has 1 saturated heterocycles. The Labute approximate surface area is 201 Å². The van der Waals surface area contributed by atoms with Crippen molar-refractivity contribution in [2.24, 2.45) is 0 Å². The summed E-state index contributed by atoms with van der Waals surface area (Å²) >= 11 is 4.41. The van der Waals surface area contributed by atoms with Gasteiger partial charge < -0.3 is 10.2 Å². The number of aromatic nitrogens is 2.